The number of halogens is 1. The Balaban J connectivity index is 1.62. The average molecular weight is 326 g/mol. The number of amides is 2. The first-order chi connectivity index (χ1) is 10.5. The Bertz CT molecular complexity index is 532. The number of piperidine rings is 1. The smallest absolute Gasteiger partial charge is 0.319 e. The largest absolute Gasteiger partial charge is 0.331 e. The van der Waals surface area contributed by atoms with Crippen LogP contribution in [0.1, 0.15) is 12.8 Å². The molecule has 3 aliphatic heterocycles. The van der Waals surface area contributed by atoms with E-state index in [0.717, 1.165) is 32.7 Å². The second-order valence-corrected chi connectivity index (χ2v) is 7.03. The van der Waals surface area contributed by atoms with E-state index < -0.39 is 0 Å². The van der Waals surface area contributed by atoms with Crippen molar-refractivity contribution in [2.24, 2.45) is 5.92 Å². The van der Waals surface area contributed by atoms with Crippen LogP contribution in [0.15, 0.2) is 12.4 Å². The molecule has 1 aromatic heterocycles. The second-order valence-electron chi connectivity index (χ2n) is 6.60. The molecule has 0 unspecified atom stereocenters. The van der Waals surface area contributed by atoms with Gasteiger partial charge in [0.1, 0.15) is 0 Å². The van der Waals surface area contributed by atoms with Gasteiger partial charge in [-0.25, -0.2) is 4.79 Å². The second kappa shape index (κ2) is 6.46. The third-order valence-corrected chi connectivity index (χ3v) is 4.89. The molecular formula is C15H24ClN5O. The molecule has 3 aliphatic rings. The molecule has 0 radical (unpaired) electrons. The fourth-order valence-electron chi connectivity index (χ4n) is 3.58. The van der Waals surface area contributed by atoms with Gasteiger partial charge in [0.15, 0.2) is 0 Å². The lowest BCUT2D eigenvalue weighted by atomic mass is 9.95. The molecule has 0 N–H and O–H groups in total. The Kier molecular flexibility index (Phi) is 4.59. The minimum Gasteiger partial charge on any atom is -0.331 e. The number of aromatic nitrogens is 2. The van der Waals surface area contributed by atoms with Gasteiger partial charge in [-0.1, -0.05) is 11.6 Å². The van der Waals surface area contributed by atoms with Gasteiger partial charge in [-0.15, -0.1) is 0 Å². The quantitative estimate of drug-likeness (QED) is 0.848. The predicted molar refractivity (Wildman–Crippen MR) is 86.0 cm³/mol. The Hall–Kier alpha value is -1.27. The molecule has 2 amide bonds. The third-order valence-electron chi connectivity index (χ3n) is 4.70. The molecule has 3 saturated heterocycles. The summed E-state index contributed by atoms with van der Waals surface area (Å²) < 4.78 is 1.89. The van der Waals surface area contributed by atoms with E-state index in [-0.39, 0.29) is 6.03 Å². The summed E-state index contributed by atoms with van der Waals surface area (Å²) in [5, 5.41) is 4.92. The number of hydrogen-bond acceptors (Lipinski definition) is 3. The standard InChI is InChI=1S/C15H24ClN5O/c1-18(2)15(22)20-9-12-3-4-14(11-20)19(8-12)5-6-21-10-13(16)7-17-21/h7,10,12,14H,3-6,8-9,11H2,1-2H3/t12-,14-/m0/s1. The fraction of sp³-hybridized carbons (Fsp3) is 0.733. The van der Waals surface area contributed by atoms with Crippen molar-refractivity contribution in [3.8, 4) is 0 Å². The topological polar surface area (TPSA) is 44.6 Å². The lowest BCUT2D eigenvalue weighted by Gasteiger charge is -2.35. The van der Waals surface area contributed by atoms with Gasteiger partial charge in [-0.3, -0.25) is 9.58 Å². The van der Waals surface area contributed by atoms with Crippen molar-refractivity contribution in [3.05, 3.63) is 17.4 Å². The van der Waals surface area contributed by atoms with E-state index in [1.807, 2.05) is 29.9 Å². The average Bonchev–Trinajstić information content (AvgIpc) is 2.72. The highest BCUT2D eigenvalue weighted by Crippen LogP contribution is 2.28. The van der Waals surface area contributed by atoms with Crippen LogP contribution in [0.4, 0.5) is 4.79 Å². The number of fused-ring (bicyclic) bond motifs is 4. The molecule has 6 nitrogen and oxygen atoms in total. The SMILES string of the molecule is CN(C)C(=O)N1C[C@H]2CC[C@@H](C1)N(CCn1cc(Cl)cn1)C2. The van der Waals surface area contributed by atoms with Crippen LogP contribution in [0.2, 0.25) is 5.02 Å². The fourth-order valence-corrected chi connectivity index (χ4v) is 3.74. The number of nitrogens with zero attached hydrogens (tertiary/aromatic N) is 5. The molecule has 2 bridgehead atoms. The lowest BCUT2D eigenvalue weighted by Crippen LogP contribution is -2.46. The van der Waals surface area contributed by atoms with Crippen LogP contribution in [0.3, 0.4) is 0 Å². The zero-order valence-corrected chi connectivity index (χ0v) is 14.0. The number of rotatable bonds is 3. The van der Waals surface area contributed by atoms with E-state index in [4.69, 9.17) is 11.6 Å². The summed E-state index contributed by atoms with van der Waals surface area (Å²) in [6.45, 7) is 4.61. The summed E-state index contributed by atoms with van der Waals surface area (Å²) in [6.07, 6.45) is 5.95. The Morgan fingerprint density at radius 3 is 2.82 bits per heavy atom. The van der Waals surface area contributed by atoms with Crippen LogP contribution in [0.5, 0.6) is 0 Å². The zero-order valence-electron chi connectivity index (χ0n) is 13.3. The van der Waals surface area contributed by atoms with E-state index in [2.05, 4.69) is 10.00 Å². The zero-order chi connectivity index (χ0) is 15.7. The molecule has 22 heavy (non-hydrogen) atoms. The maximum absolute atomic E-state index is 12.3. The lowest BCUT2D eigenvalue weighted by molar-refractivity contribution is 0.124. The summed E-state index contributed by atoms with van der Waals surface area (Å²) >= 11 is 5.91. The molecule has 3 fully saturated rings. The molecule has 0 saturated carbocycles. The highest BCUT2D eigenvalue weighted by molar-refractivity contribution is 6.30. The summed E-state index contributed by atoms with van der Waals surface area (Å²) in [5.74, 6) is 0.587. The molecule has 4 heterocycles. The molecule has 0 aromatic carbocycles. The predicted octanol–water partition coefficient (Wildman–Crippen LogP) is 1.61. The molecular weight excluding hydrogens is 302 g/mol. The van der Waals surface area contributed by atoms with Gasteiger partial charge in [0.25, 0.3) is 0 Å². The Labute approximate surface area is 136 Å². The van der Waals surface area contributed by atoms with E-state index in [0.29, 0.717) is 17.0 Å². The first-order valence-electron chi connectivity index (χ1n) is 7.91. The molecule has 0 aliphatic carbocycles. The number of carbonyl (C=O) groups is 1. The van der Waals surface area contributed by atoms with Crippen molar-refractivity contribution >= 4 is 17.6 Å². The normalized spacial score (nSPS) is 25.3. The van der Waals surface area contributed by atoms with Crippen LogP contribution >= 0.6 is 11.6 Å². The van der Waals surface area contributed by atoms with Gasteiger partial charge < -0.3 is 9.80 Å². The van der Waals surface area contributed by atoms with Gasteiger partial charge in [0, 0.05) is 52.5 Å². The van der Waals surface area contributed by atoms with Crippen LogP contribution in [-0.4, -0.2) is 76.8 Å². The van der Waals surface area contributed by atoms with Crippen molar-refractivity contribution in [2.75, 3.05) is 40.3 Å². The molecule has 0 spiro atoms. The van der Waals surface area contributed by atoms with E-state index in [1.165, 1.54) is 12.8 Å². The van der Waals surface area contributed by atoms with Crippen LogP contribution in [-0.2, 0) is 6.54 Å². The van der Waals surface area contributed by atoms with Crippen LogP contribution < -0.4 is 0 Å². The van der Waals surface area contributed by atoms with E-state index in [1.54, 1.807) is 11.1 Å². The number of carbonyl (C=O) groups excluding carboxylic acids is 1. The van der Waals surface area contributed by atoms with Crippen molar-refractivity contribution < 1.29 is 4.79 Å². The Morgan fingerprint density at radius 1 is 1.32 bits per heavy atom. The van der Waals surface area contributed by atoms with Gasteiger partial charge in [-0.2, -0.15) is 5.10 Å². The monoisotopic (exact) mass is 325 g/mol. The maximum atomic E-state index is 12.3. The summed E-state index contributed by atoms with van der Waals surface area (Å²) in [6, 6.07) is 0.603. The summed E-state index contributed by atoms with van der Waals surface area (Å²) in [5.41, 5.74) is 0. The first kappa shape index (κ1) is 15.6. The van der Waals surface area contributed by atoms with Gasteiger partial charge in [-0.05, 0) is 18.8 Å². The van der Waals surface area contributed by atoms with Gasteiger partial charge >= 0.3 is 6.03 Å². The molecule has 4 rings (SSSR count). The first-order valence-corrected chi connectivity index (χ1v) is 8.29. The van der Waals surface area contributed by atoms with Crippen molar-refractivity contribution in [1.29, 1.82) is 0 Å². The number of urea groups is 1. The highest BCUT2D eigenvalue weighted by Gasteiger charge is 2.36. The third kappa shape index (κ3) is 3.38. The molecule has 1 aromatic rings. The van der Waals surface area contributed by atoms with Crippen LogP contribution in [0, 0.1) is 5.92 Å². The molecule has 2 atom stereocenters. The van der Waals surface area contributed by atoms with E-state index in [9.17, 15) is 4.79 Å². The van der Waals surface area contributed by atoms with E-state index >= 15 is 0 Å². The van der Waals surface area contributed by atoms with Crippen molar-refractivity contribution in [1.82, 2.24) is 24.5 Å². The molecule has 7 heteroatoms. The Morgan fingerprint density at radius 2 is 2.14 bits per heavy atom. The highest BCUT2D eigenvalue weighted by atomic mass is 35.5. The summed E-state index contributed by atoms with van der Waals surface area (Å²) in [7, 11) is 3.66. The van der Waals surface area contributed by atoms with Crippen molar-refractivity contribution in [3.63, 3.8) is 0 Å². The minimum absolute atomic E-state index is 0.137. The molecule has 122 valence electrons. The summed E-state index contributed by atoms with van der Waals surface area (Å²) in [4.78, 5) is 18.5. The maximum Gasteiger partial charge on any atom is 0.319 e. The van der Waals surface area contributed by atoms with Gasteiger partial charge in [0.2, 0.25) is 0 Å². The van der Waals surface area contributed by atoms with Gasteiger partial charge in [0.05, 0.1) is 17.8 Å². The minimum atomic E-state index is 0.137. The van der Waals surface area contributed by atoms with Crippen molar-refractivity contribution in [2.45, 2.75) is 25.4 Å². The van der Waals surface area contributed by atoms with Crippen LogP contribution in [0.25, 0.3) is 0 Å². The number of hydrogen-bond donors (Lipinski definition) is 0.